The SMILES string of the molecule is CC(C)CCOc1cc(-c2ccccc2[N+](=O)[O-])ccc1-c1ccccc1[N+](=O)[O-]. The van der Waals surface area contributed by atoms with Gasteiger partial charge in [0.25, 0.3) is 11.4 Å². The maximum absolute atomic E-state index is 11.5. The number of nitrogens with zero attached hydrogens (tertiary/aromatic N) is 2. The first kappa shape index (κ1) is 21.0. The lowest BCUT2D eigenvalue weighted by Crippen LogP contribution is -2.03. The molecule has 7 heteroatoms. The summed E-state index contributed by atoms with van der Waals surface area (Å²) in [6.45, 7) is 4.59. The molecule has 0 aliphatic rings. The summed E-state index contributed by atoms with van der Waals surface area (Å²) < 4.78 is 6.01. The maximum atomic E-state index is 11.5. The summed E-state index contributed by atoms with van der Waals surface area (Å²) in [6, 6.07) is 18.1. The second kappa shape index (κ2) is 9.17. The van der Waals surface area contributed by atoms with Crippen molar-refractivity contribution >= 4 is 11.4 Å². The molecule has 3 aromatic rings. The van der Waals surface area contributed by atoms with Gasteiger partial charge in [0.1, 0.15) is 5.75 Å². The minimum absolute atomic E-state index is 0.0101. The molecule has 0 aliphatic carbocycles. The van der Waals surface area contributed by atoms with Crippen molar-refractivity contribution in [1.29, 1.82) is 0 Å². The molecule has 3 rings (SSSR count). The fraction of sp³-hybridized carbons (Fsp3) is 0.217. The van der Waals surface area contributed by atoms with E-state index in [4.69, 9.17) is 4.74 Å². The number of nitro benzene ring substituents is 2. The maximum Gasteiger partial charge on any atom is 0.277 e. The number of hydrogen-bond acceptors (Lipinski definition) is 5. The second-order valence-electron chi connectivity index (χ2n) is 7.29. The van der Waals surface area contributed by atoms with E-state index < -0.39 is 9.85 Å². The van der Waals surface area contributed by atoms with Crippen LogP contribution in [0, 0.1) is 26.1 Å². The minimum Gasteiger partial charge on any atom is -0.493 e. The highest BCUT2D eigenvalue weighted by molar-refractivity contribution is 5.83. The van der Waals surface area contributed by atoms with Gasteiger partial charge >= 0.3 is 0 Å². The average molecular weight is 406 g/mol. The van der Waals surface area contributed by atoms with Crippen LogP contribution in [0.1, 0.15) is 20.3 Å². The van der Waals surface area contributed by atoms with Crippen LogP contribution in [0.4, 0.5) is 11.4 Å². The van der Waals surface area contributed by atoms with Crippen molar-refractivity contribution < 1.29 is 14.6 Å². The van der Waals surface area contributed by atoms with Gasteiger partial charge in [0.2, 0.25) is 0 Å². The molecule has 0 bridgehead atoms. The van der Waals surface area contributed by atoms with E-state index >= 15 is 0 Å². The predicted octanol–water partition coefficient (Wildman–Crippen LogP) is 6.26. The fourth-order valence-electron chi connectivity index (χ4n) is 3.17. The molecule has 154 valence electrons. The first-order valence-electron chi connectivity index (χ1n) is 9.63. The van der Waals surface area contributed by atoms with E-state index in [-0.39, 0.29) is 11.4 Å². The summed E-state index contributed by atoms with van der Waals surface area (Å²) in [6.07, 6.45) is 0.812. The van der Waals surface area contributed by atoms with Crippen LogP contribution in [0.15, 0.2) is 66.7 Å². The number of benzene rings is 3. The molecule has 0 unspecified atom stereocenters. The van der Waals surface area contributed by atoms with Crippen molar-refractivity contribution in [2.45, 2.75) is 20.3 Å². The van der Waals surface area contributed by atoms with Gasteiger partial charge in [0, 0.05) is 17.7 Å². The smallest absolute Gasteiger partial charge is 0.277 e. The van der Waals surface area contributed by atoms with E-state index in [0.717, 1.165) is 6.42 Å². The molecule has 7 nitrogen and oxygen atoms in total. The van der Waals surface area contributed by atoms with Crippen molar-refractivity contribution in [2.75, 3.05) is 6.61 Å². The molecule has 0 aliphatic heterocycles. The van der Waals surface area contributed by atoms with Gasteiger partial charge in [-0.2, -0.15) is 0 Å². The average Bonchev–Trinajstić information content (AvgIpc) is 2.73. The Kier molecular flexibility index (Phi) is 6.41. The van der Waals surface area contributed by atoms with Gasteiger partial charge in [-0.05, 0) is 42.2 Å². The molecule has 0 amide bonds. The molecule has 0 saturated heterocycles. The van der Waals surface area contributed by atoms with E-state index in [9.17, 15) is 20.2 Å². The molecular weight excluding hydrogens is 384 g/mol. The molecule has 0 aromatic heterocycles. The highest BCUT2D eigenvalue weighted by Crippen LogP contribution is 2.40. The number of nitro groups is 2. The molecule has 0 heterocycles. The Labute approximate surface area is 174 Å². The second-order valence-corrected chi connectivity index (χ2v) is 7.29. The van der Waals surface area contributed by atoms with E-state index in [1.165, 1.54) is 12.1 Å². The van der Waals surface area contributed by atoms with Crippen molar-refractivity contribution in [2.24, 2.45) is 5.92 Å². The van der Waals surface area contributed by atoms with Crippen LogP contribution in [-0.4, -0.2) is 16.5 Å². The molecular formula is C23H22N2O5. The first-order chi connectivity index (χ1) is 14.4. The first-order valence-corrected chi connectivity index (χ1v) is 9.63. The molecule has 0 radical (unpaired) electrons. The van der Waals surface area contributed by atoms with Gasteiger partial charge < -0.3 is 4.74 Å². The van der Waals surface area contributed by atoms with Gasteiger partial charge in [0.15, 0.2) is 0 Å². The zero-order chi connectivity index (χ0) is 21.7. The largest absolute Gasteiger partial charge is 0.493 e. The third-order valence-corrected chi connectivity index (χ3v) is 4.74. The number of rotatable bonds is 8. The molecule has 30 heavy (non-hydrogen) atoms. The normalized spacial score (nSPS) is 10.8. The van der Waals surface area contributed by atoms with Gasteiger partial charge in [-0.1, -0.05) is 44.2 Å². The van der Waals surface area contributed by atoms with Crippen molar-refractivity contribution in [3.63, 3.8) is 0 Å². The quantitative estimate of drug-likeness (QED) is 0.325. The van der Waals surface area contributed by atoms with Crippen molar-refractivity contribution in [3.05, 3.63) is 87.0 Å². The Morgan fingerprint density at radius 3 is 1.97 bits per heavy atom. The minimum atomic E-state index is -0.427. The third kappa shape index (κ3) is 4.63. The third-order valence-electron chi connectivity index (χ3n) is 4.74. The highest BCUT2D eigenvalue weighted by Gasteiger charge is 2.20. The molecule has 0 atom stereocenters. The Bertz CT molecular complexity index is 1080. The Morgan fingerprint density at radius 1 is 0.800 bits per heavy atom. The number of hydrogen-bond donors (Lipinski definition) is 0. The zero-order valence-corrected chi connectivity index (χ0v) is 16.8. The summed E-state index contributed by atoms with van der Waals surface area (Å²) in [5.74, 6) is 0.888. The molecule has 3 aromatic carbocycles. The van der Waals surface area contributed by atoms with Crippen LogP contribution in [0.5, 0.6) is 5.75 Å². The summed E-state index contributed by atoms with van der Waals surface area (Å²) in [4.78, 5) is 22.1. The standard InChI is InChI=1S/C23H22N2O5/c1-16(2)13-14-30-23-15-17(18-7-3-5-9-21(18)24(26)27)11-12-20(23)19-8-4-6-10-22(19)25(28)29/h3-12,15-16H,13-14H2,1-2H3. The summed E-state index contributed by atoms with van der Waals surface area (Å²) in [5, 5.41) is 22.9. The Morgan fingerprint density at radius 2 is 1.37 bits per heavy atom. The number of para-hydroxylation sites is 2. The highest BCUT2D eigenvalue weighted by atomic mass is 16.6. The summed E-state index contributed by atoms with van der Waals surface area (Å²) in [5.41, 5.74) is 2.06. The number of ether oxygens (including phenoxy) is 1. The van der Waals surface area contributed by atoms with Crippen LogP contribution in [0.3, 0.4) is 0 Å². The lowest BCUT2D eigenvalue weighted by Gasteiger charge is -2.15. The van der Waals surface area contributed by atoms with Crippen LogP contribution in [0.25, 0.3) is 22.3 Å². The fourth-order valence-corrected chi connectivity index (χ4v) is 3.17. The van der Waals surface area contributed by atoms with Gasteiger partial charge in [-0.15, -0.1) is 0 Å². The van der Waals surface area contributed by atoms with Gasteiger partial charge in [-0.3, -0.25) is 20.2 Å². The summed E-state index contributed by atoms with van der Waals surface area (Å²) in [7, 11) is 0. The lowest BCUT2D eigenvalue weighted by molar-refractivity contribution is -0.384. The Balaban J connectivity index is 2.13. The lowest BCUT2D eigenvalue weighted by atomic mass is 9.97. The topological polar surface area (TPSA) is 95.5 Å². The van der Waals surface area contributed by atoms with Crippen LogP contribution < -0.4 is 4.74 Å². The van der Waals surface area contributed by atoms with Gasteiger partial charge in [-0.25, -0.2) is 0 Å². The summed E-state index contributed by atoms with van der Waals surface area (Å²) >= 11 is 0. The predicted molar refractivity (Wildman–Crippen MR) is 116 cm³/mol. The monoisotopic (exact) mass is 406 g/mol. The zero-order valence-electron chi connectivity index (χ0n) is 16.8. The van der Waals surface area contributed by atoms with Crippen LogP contribution >= 0.6 is 0 Å². The van der Waals surface area contributed by atoms with Crippen LogP contribution in [0.2, 0.25) is 0 Å². The Hall–Kier alpha value is -3.74. The molecule has 0 saturated carbocycles. The van der Waals surface area contributed by atoms with Crippen molar-refractivity contribution in [1.82, 2.24) is 0 Å². The molecule has 0 N–H and O–H groups in total. The van der Waals surface area contributed by atoms with E-state index in [2.05, 4.69) is 13.8 Å². The van der Waals surface area contributed by atoms with E-state index in [1.54, 1.807) is 54.6 Å². The van der Waals surface area contributed by atoms with Gasteiger partial charge in [0.05, 0.1) is 27.6 Å². The molecule has 0 spiro atoms. The molecule has 0 fully saturated rings. The van der Waals surface area contributed by atoms with Crippen LogP contribution in [-0.2, 0) is 0 Å². The van der Waals surface area contributed by atoms with E-state index in [1.807, 2.05) is 0 Å². The van der Waals surface area contributed by atoms with E-state index in [0.29, 0.717) is 40.5 Å². The van der Waals surface area contributed by atoms with Crippen molar-refractivity contribution in [3.8, 4) is 28.0 Å².